The standard InChI is InChI=1S/C33H61NO6S/c1-3-5-7-9-11-13-14-15-16-17-18-20-22-24-26-28-32(36)33(37)34-30(29-41(38,39)40)31(35)27-25-23-21-19-12-10-8-6-4-2/h4,6,12,19,25,27,30-32,35-36H,3,5,7-11,13-18,20-24,26,28-29H2,1-2H3,(H,34,37)(H,38,39,40)/b6-4+,19-12+,27-25+. The van der Waals surface area contributed by atoms with Crippen LogP contribution in [0.2, 0.25) is 0 Å². The highest BCUT2D eigenvalue weighted by Crippen LogP contribution is 2.14. The largest absolute Gasteiger partial charge is 0.387 e. The quantitative estimate of drug-likeness (QED) is 0.0417. The number of aliphatic hydroxyl groups is 2. The van der Waals surface area contributed by atoms with Crippen molar-refractivity contribution in [1.29, 1.82) is 0 Å². The summed E-state index contributed by atoms with van der Waals surface area (Å²) in [5, 5.41) is 23.1. The molecule has 4 N–H and O–H groups in total. The second-order valence-electron chi connectivity index (χ2n) is 11.2. The van der Waals surface area contributed by atoms with E-state index in [2.05, 4.69) is 24.4 Å². The Labute approximate surface area is 251 Å². The first-order valence-corrected chi connectivity index (χ1v) is 17.9. The minimum Gasteiger partial charge on any atom is -0.387 e. The zero-order chi connectivity index (χ0) is 30.6. The summed E-state index contributed by atoms with van der Waals surface area (Å²) in [7, 11) is -4.44. The number of carbonyl (C=O) groups is 1. The maximum atomic E-state index is 12.5. The van der Waals surface area contributed by atoms with Crippen molar-refractivity contribution in [2.75, 3.05) is 5.75 Å². The average Bonchev–Trinajstić information content (AvgIpc) is 2.92. The molecule has 3 unspecified atom stereocenters. The van der Waals surface area contributed by atoms with E-state index in [-0.39, 0.29) is 6.42 Å². The summed E-state index contributed by atoms with van der Waals surface area (Å²) in [6.07, 6.45) is 30.9. The number of nitrogens with one attached hydrogen (secondary N) is 1. The van der Waals surface area contributed by atoms with Crippen LogP contribution in [0.1, 0.15) is 142 Å². The van der Waals surface area contributed by atoms with Crippen LogP contribution in [0.3, 0.4) is 0 Å². The molecule has 0 aromatic rings. The highest BCUT2D eigenvalue weighted by molar-refractivity contribution is 7.85. The number of hydrogen-bond acceptors (Lipinski definition) is 5. The van der Waals surface area contributed by atoms with E-state index >= 15 is 0 Å². The summed E-state index contributed by atoms with van der Waals surface area (Å²) < 4.78 is 32.2. The molecule has 0 spiro atoms. The fourth-order valence-corrected chi connectivity index (χ4v) is 5.46. The van der Waals surface area contributed by atoms with Crippen molar-refractivity contribution in [2.45, 2.75) is 161 Å². The molecule has 7 nitrogen and oxygen atoms in total. The first-order chi connectivity index (χ1) is 19.7. The van der Waals surface area contributed by atoms with Gasteiger partial charge in [-0.05, 0) is 39.0 Å². The predicted molar refractivity (Wildman–Crippen MR) is 171 cm³/mol. The lowest BCUT2D eigenvalue weighted by Gasteiger charge is -2.22. The van der Waals surface area contributed by atoms with E-state index in [4.69, 9.17) is 0 Å². The minimum atomic E-state index is -4.44. The van der Waals surface area contributed by atoms with Crippen molar-refractivity contribution in [3.63, 3.8) is 0 Å². The smallest absolute Gasteiger partial charge is 0.267 e. The van der Waals surface area contributed by atoms with E-state index in [1.54, 1.807) is 6.08 Å². The van der Waals surface area contributed by atoms with Gasteiger partial charge in [0.1, 0.15) is 6.10 Å². The number of hydrogen-bond donors (Lipinski definition) is 4. The molecule has 0 aliphatic rings. The van der Waals surface area contributed by atoms with Gasteiger partial charge in [-0.2, -0.15) is 8.42 Å². The number of aliphatic hydroxyl groups excluding tert-OH is 2. The molecule has 0 aliphatic heterocycles. The summed E-state index contributed by atoms with van der Waals surface area (Å²) >= 11 is 0. The number of rotatable bonds is 28. The van der Waals surface area contributed by atoms with Gasteiger partial charge in [0.25, 0.3) is 10.1 Å². The van der Waals surface area contributed by atoms with Gasteiger partial charge >= 0.3 is 0 Å². The van der Waals surface area contributed by atoms with Gasteiger partial charge in [0.15, 0.2) is 0 Å². The number of unbranched alkanes of at least 4 members (excludes halogenated alkanes) is 16. The maximum absolute atomic E-state index is 12.5. The molecule has 41 heavy (non-hydrogen) atoms. The van der Waals surface area contributed by atoms with Crippen LogP contribution in [0.4, 0.5) is 0 Å². The SMILES string of the molecule is C/C=C/CC/C=C/CC/C=C/C(O)C(CS(=O)(=O)O)NC(=O)C(O)CCCCCCCCCCCCCCCCC. The van der Waals surface area contributed by atoms with Crippen LogP contribution in [-0.2, 0) is 14.9 Å². The van der Waals surface area contributed by atoms with E-state index < -0.39 is 40.0 Å². The molecule has 0 heterocycles. The topological polar surface area (TPSA) is 124 Å². The Kier molecular flexibility index (Phi) is 26.4. The minimum absolute atomic E-state index is 0.273. The summed E-state index contributed by atoms with van der Waals surface area (Å²) in [6, 6.07) is -1.25. The third kappa shape index (κ3) is 27.1. The van der Waals surface area contributed by atoms with Gasteiger partial charge in [0, 0.05) is 0 Å². The van der Waals surface area contributed by atoms with Crippen molar-refractivity contribution in [3.05, 3.63) is 36.5 Å². The van der Waals surface area contributed by atoms with Crippen LogP contribution in [0.5, 0.6) is 0 Å². The highest BCUT2D eigenvalue weighted by Gasteiger charge is 2.27. The predicted octanol–water partition coefficient (Wildman–Crippen LogP) is 7.59. The van der Waals surface area contributed by atoms with Crippen LogP contribution < -0.4 is 5.32 Å². The molecule has 1 amide bonds. The average molecular weight is 600 g/mol. The zero-order valence-corrected chi connectivity index (χ0v) is 26.8. The van der Waals surface area contributed by atoms with Crippen LogP contribution >= 0.6 is 0 Å². The van der Waals surface area contributed by atoms with Crippen molar-refractivity contribution in [3.8, 4) is 0 Å². The molecule has 0 aliphatic carbocycles. The van der Waals surface area contributed by atoms with E-state index in [0.29, 0.717) is 12.8 Å². The molecule has 8 heteroatoms. The fraction of sp³-hybridized carbons (Fsp3) is 0.788. The van der Waals surface area contributed by atoms with Gasteiger partial charge in [0.2, 0.25) is 5.91 Å². The lowest BCUT2D eigenvalue weighted by Crippen LogP contribution is -2.50. The van der Waals surface area contributed by atoms with Crippen LogP contribution in [0.15, 0.2) is 36.5 Å². The Morgan fingerprint density at radius 2 is 1.15 bits per heavy atom. The molecular formula is C33H61NO6S. The molecule has 0 rings (SSSR count). The normalized spacial score (nSPS) is 14.8. The second kappa shape index (κ2) is 27.4. The second-order valence-corrected chi connectivity index (χ2v) is 12.7. The van der Waals surface area contributed by atoms with Crippen molar-refractivity contribution < 1.29 is 28.0 Å². The number of amides is 1. The van der Waals surface area contributed by atoms with Crippen LogP contribution in [-0.4, -0.2) is 53.1 Å². The molecule has 0 fully saturated rings. The fourth-order valence-electron chi connectivity index (χ4n) is 4.73. The Morgan fingerprint density at radius 3 is 1.61 bits per heavy atom. The van der Waals surface area contributed by atoms with Gasteiger partial charge in [-0.3, -0.25) is 9.35 Å². The Hall–Kier alpha value is -1.48. The summed E-state index contributed by atoms with van der Waals surface area (Å²) in [6.45, 7) is 4.23. The van der Waals surface area contributed by atoms with E-state index in [9.17, 15) is 28.0 Å². The Morgan fingerprint density at radius 1 is 0.707 bits per heavy atom. The number of carbonyl (C=O) groups excluding carboxylic acids is 1. The van der Waals surface area contributed by atoms with E-state index in [0.717, 1.165) is 38.5 Å². The first-order valence-electron chi connectivity index (χ1n) is 16.3. The first kappa shape index (κ1) is 39.5. The van der Waals surface area contributed by atoms with Crippen molar-refractivity contribution in [2.24, 2.45) is 0 Å². The van der Waals surface area contributed by atoms with E-state index in [1.807, 2.05) is 19.1 Å². The van der Waals surface area contributed by atoms with Crippen LogP contribution in [0.25, 0.3) is 0 Å². The monoisotopic (exact) mass is 599 g/mol. The van der Waals surface area contributed by atoms with Gasteiger partial charge in [0.05, 0.1) is 17.9 Å². The van der Waals surface area contributed by atoms with Gasteiger partial charge < -0.3 is 15.5 Å². The summed E-state index contributed by atoms with van der Waals surface area (Å²) in [5.74, 6) is -1.57. The third-order valence-corrected chi connectivity index (χ3v) is 8.03. The molecule has 0 saturated carbocycles. The Bertz CT molecular complexity index is 809. The molecule has 0 saturated heterocycles. The van der Waals surface area contributed by atoms with Crippen LogP contribution in [0, 0.1) is 0 Å². The molecule has 3 atom stereocenters. The molecule has 240 valence electrons. The molecule has 0 bridgehead atoms. The van der Waals surface area contributed by atoms with Gasteiger partial charge in [-0.1, -0.05) is 140 Å². The Balaban J connectivity index is 4.16. The third-order valence-electron chi connectivity index (χ3n) is 7.25. The van der Waals surface area contributed by atoms with E-state index in [1.165, 1.54) is 76.7 Å². The highest BCUT2D eigenvalue weighted by atomic mass is 32.2. The summed E-state index contributed by atoms with van der Waals surface area (Å²) in [4.78, 5) is 12.5. The maximum Gasteiger partial charge on any atom is 0.267 e. The van der Waals surface area contributed by atoms with Crippen molar-refractivity contribution >= 4 is 16.0 Å². The zero-order valence-electron chi connectivity index (χ0n) is 26.0. The molecule has 0 radical (unpaired) electrons. The molecule has 0 aromatic carbocycles. The van der Waals surface area contributed by atoms with Gasteiger partial charge in [-0.15, -0.1) is 0 Å². The molecular weight excluding hydrogens is 538 g/mol. The van der Waals surface area contributed by atoms with Gasteiger partial charge in [-0.25, -0.2) is 0 Å². The molecule has 0 aromatic heterocycles. The lowest BCUT2D eigenvalue weighted by atomic mass is 10.0. The summed E-state index contributed by atoms with van der Waals surface area (Å²) in [5.41, 5.74) is 0. The number of allylic oxidation sites excluding steroid dienone is 5. The lowest BCUT2D eigenvalue weighted by molar-refractivity contribution is -0.130. The van der Waals surface area contributed by atoms with Crippen molar-refractivity contribution in [1.82, 2.24) is 5.32 Å².